The maximum absolute atomic E-state index is 11.5. The molecule has 0 aromatic carbocycles. The number of aromatic amines is 1. The van der Waals surface area contributed by atoms with E-state index in [1.165, 1.54) is 0 Å². The van der Waals surface area contributed by atoms with E-state index in [1.807, 2.05) is 19.1 Å². The number of sulfone groups is 1. The standard InChI is InChI=1S/C17H19N3O2S/c1-4-13-6-7-15-17(20-13)14(11(2)19-15)9-12-5-8-16(18-10-12)23(3,21)22/h5-8,10,19H,4,9H2,1-3H3. The fourth-order valence-corrected chi connectivity index (χ4v) is 3.20. The summed E-state index contributed by atoms with van der Waals surface area (Å²) in [6.45, 7) is 4.11. The first kappa shape index (κ1) is 15.7. The van der Waals surface area contributed by atoms with Crippen LogP contribution < -0.4 is 0 Å². The molecule has 23 heavy (non-hydrogen) atoms. The van der Waals surface area contributed by atoms with Gasteiger partial charge in [0, 0.05) is 35.8 Å². The summed E-state index contributed by atoms with van der Waals surface area (Å²) in [5.41, 5.74) is 6.23. The highest BCUT2D eigenvalue weighted by Crippen LogP contribution is 2.23. The maximum Gasteiger partial charge on any atom is 0.192 e. The average molecular weight is 329 g/mol. The zero-order chi connectivity index (χ0) is 16.6. The minimum Gasteiger partial charge on any atom is -0.357 e. The Morgan fingerprint density at radius 2 is 1.96 bits per heavy atom. The first-order valence-electron chi connectivity index (χ1n) is 7.50. The van der Waals surface area contributed by atoms with Crippen molar-refractivity contribution < 1.29 is 8.42 Å². The number of hydrogen-bond donors (Lipinski definition) is 1. The molecule has 0 fully saturated rings. The summed E-state index contributed by atoms with van der Waals surface area (Å²) in [5, 5.41) is 0.100. The van der Waals surface area contributed by atoms with Crippen LogP contribution in [0.2, 0.25) is 0 Å². The average Bonchev–Trinajstić information content (AvgIpc) is 2.82. The van der Waals surface area contributed by atoms with Gasteiger partial charge in [0.1, 0.15) is 0 Å². The van der Waals surface area contributed by atoms with E-state index in [4.69, 9.17) is 4.98 Å². The largest absolute Gasteiger partial charge is 0.357 e. The Kier molecular flexibility index (Phi) is 3.93. The second-order valence-corrected chi connectivity index (χ2v) is 7.70. The summed E-state index contributed by atoms with van der Waals surface area (Å²) in [6, 6.07) is 7.46. The van der Waals surface area contributed by atoms with Crippen molar-refractivity contribution in [1.82, 2.24) is 15.0 Å². The lowest BCUT2D eigenvalue weighted by atomic mass is 10.1. The van der Waals surface area contributed by atoms with Gasteiger partial charge in [-0.3, -0.25) is 4.98 Å². The van der Waals surface area contributed by atoms with E-state index in [-0.39, 0.29) is 5.03 Å². The maximum atomic E-state index is 11.5. The molecule has 0 spiro atoms. The fraction of sp³-hybridized carbons (Fsp3) is 0.294. The van der Waals surface area contributed by atoms with Crippen molar-refractivity contribution in [3.63, 3.8) is 0 Å². The molecule has 0 aliphatic rings. The van der Waals surface area contributed by atoms with Crippen LogP contribution in [0.1, 0.15) is 29.4 Å². The van der Waals surface area contributed by atoms with E-state index in [0.29, 0.717) is 6.42 Å². The van der Waals surface area contributed by atoms with Crippen molar-refractivity contribution in [3.05, 3.63) is 53.0 Å². The third-order valence-corrected chi connectivity index (χ3v) is 4.94. The van der Waals surface area contributed by atoms with Crippen LogP contribution in [-0.4, -0.2) is 29.6 Å². The second kappa shape index (κ2) is 5.77. The summed E-state index contributed by atoms with van der Waals surface area (Å²) in [7, 11) is -3.26. The third-order valence-electron chi connectivity index (χ3n) is 3.93. The van der Waals surface area contributed by atoms with Crippen molar-refractivity contribution in [2.75, 3.05) is 6.26 Å². The molecule has 0 bridgehead atoms. The Balaban J connectivity index is 1.99. The normalized spacial score (nSPS) is 12.0. The molecular weight excluding hydrogens is 310 g/mol. The molecule has 0 amide bonds. The van der Waals surface area contributed by atoms with Gasteiger partial charge < -0.3 is 4.98 Å². The van der Waals surface area contributed by atoms with E-state index < -0.39 is 9.84 Å². The van der Waals surface area contributed by atoms with Crippen LogP contribution >= 0.6 is 0 Å². The first-order chi connectivity index (χ1) is 10.9. The molecule has 3 aromatic heterocycles. The minimum atomic E-state index is -3.26. The van der Waals surface area contributed by atoms with Gasteiger partial charge in [-0.05, 0) is 37.1 Å². The Morgan fingerprint density at radius 1 is 1.17 bits per heavy atom. The first-order valence-corrected chi connectivity index (χ1v) is 9.39. The molecule has 3 rings (SSSR count). The molecule has 0 saturated heterocycles. The summed E-state index contributed by atoms with van der Waals surface area (Å²) in [5.74, 6) is 0. The predicted molar refractivity (Wildman–Crippen MR) is 90.4 cm³/mol. The molecule has 5 nitrogen and oxygen atoms in total. The van der Waals surface area contributed by atoms with Gasteiger partial charge in [0.25, 0.3) is 0 Å². The number of nitrogens with one attached hydrogen (secondary N) is 1. The van der Waals surface area contributed by atoms with E-state index in [9.17, 15) is 8.42 Å². The number of aromatic nitrogens is 3. The van der Waals surface area contributed by atoms with Crippen molar-refractivity contribution in [3.8, 4) is 0 Å². The van der Waals surface area contributed by atoms with Gasteiger partial charge in [-0.15, -0.1) is 0 Å². The van der Waals surface area contributed by atoms with Crippen molar-refractivity contribution in [2.24, 2.45) is 0 Å². The van der Waals surface area contributed by atoms with Crippen molar-refractivity contribution >= 4 is 20.9 Å². The highest BCUT2D eigenvalue weighted by Gasteiger charge is 2.13. The molecule has 3 heterocycles. The number of H-pyrrole nitrogens is 1. The second-order valence-electron chi connectivity index (χ2n) is 5.73. The van der Waals surface area contributed by atoms with Crippen LogP contribution in [0.5, 0.6) is 0 Å². The van der Waals surface area contributed by atoms with Crippen molar-refractivity contribution in [2.45, 2.75) is 31.7 Å². The summed E-state index contributed by atoms with van der Waals surface area (Å²) in [4.78, 5) is 12.1. The molecule has 0 saturated carbocycles. The number of pyridine rings is 2. The monoisotopic (exact) mass is 329 g/mol. The summed E-state index contributed by atoms with van der Waals surface area (Å²) in [6.07, 6.45) is 4.35. The van der Waals surface area contributed by atoms with Crippen LogP contribution in [-0.2, 0) is 22.7 Å². The van der Waals surface area contributed by atoms with Crippen LogP contribution in [0.15, 0.2) is 35.5 Å². The molecule has 0 aliphatic heterocycles. The fourth-order valence-electron chi connectivity index (χ4n) is 2.64. The lowest BCUT2D eigenvalue weighted by Crippen LogP contribution is -2.01. The summed E-state index contributed by atoms with van der Waals surface area (Å²) < 4.78 is 23.0. The van der Waals surface area contributed by atoms with E-state index in [0.717, 1.165) is 46.2 Å². The Hall–Kier alpha value is -2.21. The van der Waals surface area contributed by atoms with Gasteiger partial charge in [0.2, 0.25) is 0 Å². The Labute approximate surface area is 135 Å². The number of hydrogen-bond acceptors (Lipinski definition) is 4. The minimum absolute atomic E-state index is 0.100. The Morgan fingerprint density at radius 3 is 2.57 bits per heavy atom. The van der Waals surface area contributed by atoms with Crippen LogP contribution in [0.25, 0.3) is 11.0 Å². The molecular formula is C17H19N3O2S. The lowest BCUT2D eigenvalue weighted by Gasteiger charge is -2.04. The van der Waals surface area contributed by atoms with Crippen molar-refractivity contribution in [1.29, 1.82) is 0 Å². The van der Waals surface area contributed by atoms with Crippen LogP contribution in [0.4, 0.5) is 0 Å². The van der Waals surface area contributed by atoms with E-state index in [2.05, 4.69) is 23.0 Å². The zero-order valence-corrected chi connectivity index (χ0v) is 14.2. The van der Waals surface area contributed by atoms with E-state index in [1.54, 1.807) is 12.3 Å². The number of aryl methyl sites for hydroxylation is 2. The SMILES string of the molecule is CCc1ccc2[nH]c(C)c(Cc3ccc(S(C)(=O)=O)nc3)c2n1. The number of nitrogens with zero attached hydrogens (tertiary/aromatic N) is 2. The summed E-state index contributed by atoms with van der Waals surface area (Å²) >= 11 is 0. The molecule has 6 heteroatoms. The Bertz CT molecular complexity index is 957. The quantitative estimate of drug-likeness (QED) is 0.798. The van der Waals surface area contributed by atoms with Gasteiger partial charge in [-0.25, -0.2) is 13.4 Å². The van der Waals surface area contributed by atoms with Crippen LogP contribution in [0, 0.1) is 6.92 Å². The molecule has 0 radical (unpaired) electrons. The lowest BCUT2D eigenvalue weighted by molar-refractivity contribution is 0.598. The molecule has 0 atom stereocenters. The molecule has 120 valence electrons. The molecule has 0 aliphatic carbocycles. The van der Waals surface area contributed by atoms with Gasteiger partial charge in [-0.1, -0.05) is 13.0 Å². The molecule has 0 unspecified atom stereocenters. The van der Waals surface area contributed by atoms with Crippen LogP contribution in [0.3, 0.4) is 0 Å². The highest BCUT2D eigenvalue weighted by molar-refractivity contribution is 7.90. The number of rotatable bonds is 4. The van der Waals surface area contributed by atoms with Gasteiger partial charge in [0.05, 0.1) is 11.0 Å². The molecule has 1 N–H and O–H groups in total. The topological polar surface area (TPSA) is 75.7 Å². The zero-order valence-electron chi connectivity index (χ0n) is 13.4. The van der Waals surface area contributed by atoms with Gasteiger partial charge in [0.15, 0.2) is 14.9 Å². The molecule has 3 aromatic rings. The predicted octanol–water partition coefficient (Wildman–Crippen LogP) is 2.82. The number of fused-ring (bicyclic) bond motifs is 1. The highest BCUT2D eigenvalue weighted by atomic mass is 32.2. The van der Waals surface area contributed by atoms with Gasteiger partial charge >= 0.3 is 0 Å². The van der Waals surface area contributed by atoms with E-state index >= 15 is 0 Å². The van der Waals surface area contributed by atoms with Gasteiger partial charge in [-0.2, -0.15) is 0 Å². The smallest absolute Gasteiger partial charge is 0.192 e. The third kappa shape index (κ3) is 3.12.